The summed E-state index contributed by atoms with van der Waals surface area (Å²) in [6.07, 6.45) is 2.99. The van der Waals surface area contributed by atoms with E-state index < -0.39 is 16.1 Å². The van der Waals surface area contributed by atoms with Crippen molar-refractivity contribution in [3.63, 3.8) is 0 Å². The van der Waals surface area contributed by atoms with Crippen molar-refractivity contribution in [3.05, 3.63) is 60.2 Å². The number of methoxy groups -OCH3 is 1. The van der Waals surface area contributed by atoms with Crippen LogP contribution in [0.1, 0.15) is 25.3 Å². The average molecular weight is 405 g/mol. The van der Waals surface area contributed by atoms with Gasteiger partial charge in [0.2, 0.25) is 15.9 Å². The summed E-state index contributed by atoms with van der Waals surface area (Å²) in [6, 6.07) is 15.7. The van der Waals surface area contributed by atoms with Gasteiger partial charge in [0.15, 0.2) is 0 Å². The molecule has 28 heavy (non-hydrogen) atoms. The molecule has 0 aliphatic rings. The molecule has 0 saturated heterocycles. The van der Waals surface area contributed by atoms with Crippen molar-refractivity contribution >= 4 is 21.6 Å². The molecule has 152 valence electrons. The number of hydrogen-bond acceptors (Lipinski definition) is 4. The van der Waals surface area contributed by atoms with Gasteiger partial charge in [-0.25, -0.2) is 8.42 Å². The van der Waals surface area contributed by atoms with Crippen LogP contribution in [0.15, 0.2) is 54.6 Å². The van der Waals surface area contributed by atoms with Crippen molar-refractivity contribution in [3.8, 4) is 5.75 Å². The number of carbonyl (C=O) groups is 1. The highest BCUT2D eigenvalue weighted by atomic mass is 32.2. The maximum atomic E-state index is 12.7. The van der Waals surface area contributed by atoms with Gasteiger partial charge in [-0.05, 0) is 43.0 Å². The van der Waals surface area contributed by atoms with Crippen LogP contribution >= 0.6 is 0 Å². The molecule has 1 N–H and O–H groups in total. The Morgan fingerprint density at radius 3 is 2.36 bits per heavy atom. The van der Waals surface area contributed by atoms with Gasteiger partial charge in [-0.3, -0.25) is 9.10 Å². The van der Waals surface area contributed by atoms with E-state index in [1.807, 2.05) is 30.3 Å². The summed E-state index contributed by atoms with van der Waals surface area (Å²) >= 11 is 0. The zero-order valence-corrected chi connectivity index (χ0v) is 17.4. The molecule has 0 aromatic heterocycles. The quantitative estimate of drug-likeness (QED) is 0.618. The van der Waals surface area contributed by atoms with Crippen LogP contribution in [0, 0.1) is 0 Å². The minimum Gasteiger partial charge on any atom is -0.496 e. The lowest BCUT2D eigenvalue weighted by Crippen LogP contribution is -2.49. The Kier molecular flexibility index (Phi) is 7.87. The molecule has 7 heteroatoms. The number of ether oxygens (including phenoxy) is 1. The summed E-state index contributed by atoms with van der Waals surface area (Å²) < 4.78 is 31.2. The highest BCUT2D eigenvalue weighted by Gasteiger charge is 2.31. The number of rotatable bonds is 10. The molecule has 2 rings (SSSR count). The summed E-state index contributed by atoms with van der Waals surface area (Å²) in [7, 11) is -1.97. The zero-order chi connectivity index (χ0) is 20.6. The van der Waals surface area contributed by atoms with Gasteiger partial charge in [-0.2, -0.15) is 0 Å². The second-order valence-corrected chi connectivity index (χ2v) is 8.38. The number of amides is 1. The lowest BCUT2D eigenvalue weighted by atomic mass is 10.1. The third-order valence-corrected chi connectivity index (χ3v) is 5.63. The average Bonchev–Trinajstić information content (AvgIpc) is 2.69. The monoisotopic (exact) mass is 404 g/mol. The first-order valence-corrected chi connectivity index (χ1v) is 11.2. The van der Waals surface area contributed by atoms with E-state index in [1.165, 1.54) is 4.31 Å². The zero-order valence-electron chi connectivity index (χ0n) is 16.6. The van der Waals surface area contributed by atoms with Crippen molar-refractivity contribution in [1.29, 1.82) is 0 Å². The van der Waals surface area contributed by atoms with Crippen LogP contribution in [0.4, 0.5) is 5.69 Å². The molecular formula is C21H28N2O4S. The molecule has 6 nitrogen and oxygen atoms in total. The van der Waals surface area contributed by atoms with Gasteiger partial charge < -0.3 is 10.1 Å². The molecule has 2 aromatic carbocycles. The third kappa shape index (κ3) is 5.73. The Hall–Kier alpha value is -2.54. The van der Waals surface area contributed by atoms with Gasteiger partial charge in [0.1, 0.15) is 11.8 Å². The van der Waals surface area contributed by atoms with E-state index in [4.69, 9.17) is 4.74 Å². The number of para-hydroxylation sites is 2. The van der Waals surface area contributed by atoms with Crippen LogP contribution in [-0.4, -0.2) is 40.3 Å². The van der Waals surface area contributed by atoms with E-state index in [0.29, 0.717) is 18.7 Å². The normalized spacial score (nSPS) is 12.2. The smallest absolute Gasteiger partial charge is 0.243 e. The minimum absolute atomic E-state index is 0.295. The molecule has 0 aliphatic heterocycles. The predicted octanol–water partition coefficient (Wildman–Crippen LogP) is 2.99. The number of carbonyl (C=O) groups excluding carboxylic acids is 1. The predicted molar refractivity (Wildman–Crippen MR) is 112 cm³/mol. The van der Waals surface area contributed by atoms with Gasteiger partial charge in [-0.15, -0.1) is 0 Å². The molecule has 0 radical (unpaired) electrons. The maximum absolute atomic E-state index is 12.7. The van der Waals surface area contributed by atoms with Gasteiger partial charge in [0.05, 0.1) is 19.1 Å². The fraction of sp³-hybridized carbons (Fsp3) is 0.381. The summed E-state index contributed by atoms with van der Waals surface area (Å²) in [6.45, 7) is 2.26. The highest BCUT2D eigenvalue weighted by Crippen LogP contribution is 2.22. The molecule has 0 heterocycles. The standard InChI is InChI=1S/C21H28N2O4S/c1-4-19(23(28(3,25)26)18-13-6-5-7-14-18)21(24)22-16-10-12-17-11-8-9-15-20(17)27-2/h5-9,11,13-15,19H,4,10,12,16H2,1-3H3,(H,22,24)/t19-/m0/s1. The largest absolute Gasteiger partial charge is 0.496 e. The van der Waals surface area contributed by atoms with Gasteiger partial charge in [0, 0.05) is 6.54 Å². The number of anilines is 1. The second-order valence-electron chi connectivity index (χ2n) is 6.52. The van der Waals surface area contributed by atoms with Crippen LogP contribution < -0.4 is 14.4 Å². The number of sulfonamides is 1. The number of hydrogen-bond donors (Lipinski definition) is 1. The van der Waals surface area contributed by atoms with Crippen molar-refractivity contribution in [2.24, 2.45) is 0 Å². The van der Waals surface area contributed by atoms with Crippen LogP contribution in [0.5, 0.6) is 5.75 Å². The van der Waals surface area contributed by atoms with Gasteiger partial charge >= 0.3 is 0 Å². The van der Waals surface area contributed by atoms with E-state index in [1.54, 1.807) is 38.3 Å². The number of nitrogens with one attached hydrogen (secondary N) is 1. The van der Waals surface area contributed by atoms with Crippen LogP contribution in [0.3, 0.4) is 0 Å². The molecule has 2 aromatic rings. The van der Waals surface area contributed by atoms with E-state index >= 15 is 0 Å². The first-order chi connectivity index (χ1) is 13.4. The van der Waals surface area contributed by atoms with Crippen LogP contribution in [0.25, 0.3) is 0 Å². The number of aryl methyl sites for hydroxylation is 1. The fourth-order valence-corrected chi connectivity index (χ4v) is 4.36. The van der Waals surface area contributed by atoms with Gasteiger partial charge in [0.25, 0.3) is 0 Å². The van der Waals surface area contributed by atoms with Gasteiger partial charge in [-0.1, -0.05) is 43.3 Å². The molecule has 0 bridgehead atoms. The van der Waals surface area contributed by atoms with E-state index in [-0.39, 0.29) is 5.91 Å². The van der Waals surface area contributed by atoms with E-state index in [9.17, 15) is 13.2 Å². The Bertz CT molecular complexity index is 869. The highest BCUT2D eigenvalue weighted by molar-refractivity contribution is 7.92. The summed E-state index contributed by atoms with van der Waals surface area (Å²) in [5.74, 6) is 0.532. The molecule has 0 fully saturated rings. The first-order valence-electron chi connectivity index (χ1n) is 9.32. The minimum atomic E-state index is -3.60. The Morgan fingerprint density at radius 1 is 1.11 bits per heavy atom. The van der Waals surface area contributed by atoms with Crippen molar-refractivity contribution in [1.82, 2.24) is 5.32 Å². The van der Waals surface area contributed by atoms with Crippen LogP contribution in [0.2, 0.25) is 0 Å². The summed E-state index contributed by atoms with van der Waals surface area (Å²) in [4.78, 5) is 12.7. The molecule has 0 saturated carbocycles. The maximum Gasteiger partial charge on any atom is 0.243 e. The molecule has 0 aliphatic carbocycles. The lowest BCUT2D eigenvalue weighted by Gasteiger charge is -2.30. The molecule has 1 amide bonds. The Morgan fingerprint density at radius 2 is 1.75 bits per heavy atom. The van der Waals surface area contributed by atoms with Crippen LogP contribution in [-0.2, 0) is 21.2 Å². The van der Waals surface area contributed by atoms with Crippen molar-refractivity contribution < 1.29 is 17.9 Å². The van der Waals surface area contributed by atoms with Crippen molar-refractivity contribution in [2.75, 3.05) is 24.2 Å². The molecular weight excluding hydrogens is 376 g/mol. The third-order valence-electron chi connectivity index (χ3n) is 4.46. The number of benzene rings is 2. The Labute approximate surface area is 167 Å². The lowest BCUT2D eigenvalue weighted by molar-refractivity contribution is -0.122. The second kappa shape index (κ2) is 10.1. The summed E-state index contributed by atoms with van der Waals surface area (Å²) in [5, 5.41) is 2.88. The van der Waals surface area contributed by atoms with E-state index in [0.717, 1.165) is 30.4 Å². The first kappa shape index (κ1) is 21.8. The fourth-order valence-electron chi connectivity index (χ4n) is 3.15. The Balaban J connectivity index is 2.02. The SMILES string of the molecule is CC[C@@H](C(=O)NCCCc1ccccc1OC)N(c1ccccc1)S(C)(=O)=O. The van der Waals surface area contributed by atoms with E-state index in [2.05, 4.69) is 5.32 Å². The molecule has 1 atom stereocenters. The topological polar surface area (TPSA) is 75.7 Å². The number of nitrogens with zero attached hydrogens (tertiary/aromatic N) is 1. The molecule has 0 unspecified atom stereocenters. The molecule has 0 spiro atoms. The summed E-state index contributed by atoms with van der Waals surface area (Å²) in [5.41, 5.74) is 1.56. The van der Waals surface area contributed by atoms with Crippen molar-refractivity contribution in [2.45, 2.75) is 32.2 Å².